The van der Waals surface area contributed by atoms with Crippen molar-refractivity contribution in [3.05, 3.63) is 46.8 Å². The summed E-state index contributed by atoms with van der Waals surface area (Å²) >= 11 is 0. The second kappa shape index (κ2) is 3.66. The van der Waals surface area contributed by atoms with E-state index >= 15 is 0 Å². The van der Waals surface area contributed by atoms with E-state index in [1.807, 2.05) is 25.1 Å². The summed E-state index contributed by atoms with van der Waals surface area (Å²) < 4.78 is 5.22. The zero-order valence-electron chi connectivity index (χ0n) is 9.30. The molecule has 1 aromatic carbocycles. The molecule has 0 aliphatic heterocycles. The maximum Gasteiger partial charge on any atom is 0.439 e. The first-order valence-electron chi connectivity index (χ1n) is 5.46. The van der Waals surface area contributed by atoms with Gasteiger partial charge in [-0.3, -0.25) is 4.98 Å². The van der Waals surface area contributed by atoms with Crippen molar-refractivity contribution in [3.63, 3.8) is 0 Å². The number of aryl methyl sites for hydroxylation is 1. The zero-order valence-corrected chi connectivity index (χ0v) is 9.30. The number of benzene rings is 1. The fourth-order valence-corrected chi connectivity index (χ4v) is 2.03. The van der Waals surface area contributed by atoms with Crippen LogP contribution in [0.3, 0.4) is 0 Å². The first-order chi connectivity index (χ1) is 8.29. The molecule has 0 saturated carbocycles. The first-order valence-corrected chi connectivity index (χ1v) is 5.46. The Morgan fingerprint density at radius 1 is 1.24 bits per heavy atom. The highest BCUT2D eigenvalue weighted by atomic mass is 16.4. The van der Waals surface area contributed by atoms with Crippen molar-refractivity contribution >= 4 is 21.7 Å². The van der Waals surface area contributed by atoms with E-state index in [1.54, 1.807) is 12.4 Å². The minimum atomic E-state index is -0.543. The number of hydrogen-bond donors (Lipinski definition) is 0. The summed E-state index contributed by atoms with van der Waals surface area (Å²) in [5.74, 6) is -0.543. The van der Waals surface area contributed by atoms with Crippen LogP contribution in [0.4, 0.5) is 0 Å². The van der Waals surface area contributed by atoms with E-state index in [0.29, 0.717) is 12.0 Å². The molecule has 0 N–H and O–H groups in total. The highest BCUT2D eigenvalue weighted by Crippen LogP contribution is 2.24. The van der Waals surface area contributed by atoms with Crippen molar-refractivity contribution < 1.29 is 4.42 Å². The zero-order chi connectivity index (χ0) is 11.8. The van der Waals surface area contributed by atoms with Gasteiger partial charge in [0.25, 0.3) is 0 Å². The van der Waals surface area contributed by atoms with Crippen LogP contribution in [0.2, 0.25) is 0 Å². The van der Waals surface area contributed by atoms with Gasteiger partial charge in [0.1, 0.15) is 5.58 Å². The molecule has 4 nitrogen and oxygen atoms in total. The predicted molar refractivity (Wildman–Crippen MR) is 65.0 cm³/mol. The van der Waals surface area contributed by atoms with E-state index in [0.717, 1.165) is 21.9 Å². The summed E-state index contributed by atoms with van der Waals surface area (Å²) in [6.07, 6.45) is 4.15. The Balaban J connectivity index is 2.58. The van der Waals surface area contributed by atoms with Gasteiger partial charge in [-0.2, -0.15) is 4.98 Å². The monoisotopic (exact) mass is 226 g/mol. The number of aromatic nitrogens is 2. The number of fused-ring (bicyclic) bond motifs is 3. The van der Waals surface area contributed by atoms with Gasteiger partial charge in [-0.15, -0.1) is 0 Å². The van der Waals surface area contributed by atoms with Gasteiger partial charge in [0, 0.05) is 28.6 Å². The van der Waals surface area contributed by atoms with Gasteiger partial charge >= 0.3 is 5.76 Å². The summed E-state index contributed by atoms with van der Waals surface area (Å²) in [5.41, 5.74) is 1.37. The van der Waals surface area contributed by atoms with Crippen molar-refractivity contribution in [2.45, 2.75) is 13.3 Å². The number of pyridine rings is 1. The Bertz CT molecular complexity index is 762. The molecule has 3 aromatic rings. The quantitative estimate of drug-likeness (QED) is 0.597. The molecule has 0 unspecified atom stereocenters. The molecular weight excluding hydrogens is 216 g/mol. The van der Waals surface area contributed by atoms with Crippen LogP contribution in [0.15, 0.2) is 39.8 Å². The average molecular weight is 226 g/mol. The molecule has 0 aliphatic carbocycles. The largest absolute Gasteiger partial charge is 0.439 e. The number of rotatable bonds is 1. The molecule has 17 heavy (non-hydrogen) atoms. The molecule has 3 rings (SSSR count). The summed E-state index contributed by atoms with van der Waals surface area (Å²) in [7, 11) is 0. The molecule has 2 heterocycles. The fraction of sp³-hybridized carbons (Fsp3) is 0.154. The summed E-state index contributed by atoms with van der Waals surface area (Å²) in [5, 5.41) is 2.74. The lowest BCUT2D eigenvalue weighted by molar-refractivity contribution is 0.529. The van der Waals surface area contributed by atoms with Crippen molar-refractivity contribution in [2.24, 2.45) is 0 Å². The molecule has 0 spiro atoms. The molecule has 0 fully saturated rings. The SMILES string of the molecule is CCc1nc(=O)oc2c1ccc1cnccc12. The van der Waals surface area contributed by atoms with E-state index < -0.39 is 5.76 Å². The van der Waals surface area contributed by atoms with Crippen LogP contribution in [0, 0.1) is 0 Å². The van der Waals surface area contributed by atoms with Gasteiger partial charge in [-0.25, -0.2) is 4.79 Å². The van der Waals surface area contributed by atoms with E-state index in [-0.39, 0.29) is 0 Å². The third-order valence-electron chi connectivity index (χ3n) is 2.83. The van der Waals surface area contributed by atoms with E-state index in [1.165, 1.54) is 0 Å². The van der Waals surface area contributed by atoms with Crippen LogP contribution in [0.5, 0.6) is 0 Å². The lowest BCUT2D eigenvalue weighted by Crippen LogP contribution is -2.07. The minimum Gasteiger partial charge on any atom is -0.407 e. The topological polar surface area (TPSA) is 56.0 Å². The number of hydrogen-bond acceptors (Lipinski definition) is 4. The third-order valence-corrected chi connectivity index (χ3v) is 2.83. The molecule has 84 valence electrons. The normalized spacial score (nSPS) is 11.1. The summed E-state index contributed by atoms with van der Waals surface area (Å²) in [6.45, 7) is 1.97. The summed E-state index contributed by atoms with van der Waals surface area (Å²) in [4.78, 5) is 19.4. The second-order valence-electron chi connectivity index (χ2n) is 3.82. The highest BCUT2D eigenvalue weighted by Gasteiger charge is 2.08. The minimum absolute atomic E-state index is 0.543. The Kier molecular flexibility index (Phi) is 2.14. The molecular formula is C13H10N2O2. The lowest BCUT2D eigenvalue weighted by Gasteiger charge is -2.04. The van der Waals surface area contributed by atoms with Gasteiger partial charge in [0.2, 0.25) is 0 Å². The van der Waals surface area contributed by atoms with E-state index in [2.05, 4.69) is 9.97 Å². The van der Waals surface area contributed by atoms with E-state index in [9.17, 15) is 4.79 Å². The van der Waals surface area contributed by atoms with Gasteiger partial charge in [0.05, 0.1) is 5.69 Å². The van der Waals surface area contributed by atoms with Crippen LogP contribution >= 0.6 is 0 Å². The summed E-state index contributed by atoms with van der Waals surface area (Å²) in [6, 6.07) is 5.74. The maximum absolute atomic E-state index is 11.4. The Morgan fingerprint density at radius 3 is 2.94 bits per heavy atom. The standard InChI is InChI=1S/C13H10N2O2/c1-2-11-10-4-3-8-7-14-6-5-9(8)12(10)17-13(16)15-11/h3-7H,2H2,1H3. The molecule has 4 heteroatoms. The Hall–Kier alpha value is -2.23. The van der Waals surface area contributed by atoms with Gasteiger partial charge in [-0.1, -0.05) is 13.0 Å². The van der Waals surface area contributed by atoms with Crippen LogP contribution in [0.1, 0.15) is 12.6 Å². The van der Waals surface area contributed by atoms with Crippen molar-refractivity contribution in [3.8, 4) is 0 Å². The van der Waals surface area contributed by atoms with Crippen LogP contribution in [0.25, 0.3) is 21.7 Å². The van der Waals surface area contributed by atoms with Crippen molar-refractivity contribution in [1.82, 2.24) is 9.97 Å². The molecule has 0 saturated heterocycles. The van der Waals surface area contributed by atoms with Crippen LogP contribution < -0.4 is 5.76 Å². The Labute approximate surface area is 96.9 Å². The fourth-order valence-electron chi connectivity index (χ4n) is 2.03. The van der Waals surface area contributed by atoms with Gasteiger partial charge in [0.15, 0.2) is 0 Å². The predicted octanol–water partition coefficient (Wildman–Crippen LogP) is 2.30. The molecule has 0 aliphatic rings. The van der Waals surface area contributed by atoms with Gasteiger partial charge in [-0.05, 0) is 18.6 Å². The highest BCUT2D eigenvalue weighted by molar-refractivity contribution is 6.04. The smallest absolute Gasteiger partial charge is 0.407 e. The number of nitrogens with zero attached hydrogens (tertiary/aromatic N) is 2. The molecule has 0 atom stereocenters. The van der Waals surface area contributed by atoms with Gasteiger partial charge < -0.3 is 4.42 Å². The third kappa shape index (κ3) is 1.49. The molecule has 0 bridgehead atoms. The van der Waals surface area contributed by atoms with Crippen molar-refractivity contribution in [1.29, 1.82) is 0 Å². The molecule has 2 aromatic heterocycles. The van der Waals surface area contributed by atoms with Crippen molar-refractivity contribution in [2.75, 3.05) is 0 Å². The van der Waals surface area contributed by atoms with Crippen LogP contribution in [-0.4, -0.2) is 9.97 Å². The maximum atomic E-state index is 11.4. The lowest BCUT2D eigenvalue weighted by atomic mass is 10.1. The Morgan fingerprint density at radius 2 is 2.12 bits per heavy atom. The molecule has 0 amide bonds. The van der Waals surface area contributed by atoms with E-state index in [4.69, 9.17) is 4.42 Å². The van der Waals surface area contributed by atoms with Crippen LogP contribution in [-0.2, 0) is 6.42 Å². The first kappa shape index (κ1) is 9.96. The second-order valence-corrected chi connectivity index (χ2v) is 3.82. The average Bonchev–Trinajstić information content (AvgIpc) is 2.37. The molecule has 0 radical (unpaired) electrons.